The number of rotatable bonds is 5. The van der Waals surface area contributed by atoms with Crippen LogP contribution in [-0.4, -0.2) is 5.91 Å². The SMILES string of the molecule is Cc1ccc(Cl)cc1NC(=O)/C(C#N)=C/c1ccc(Cc2cccc(F)c2)c(Cl)c1. The summed E-state index contributed by atoms with van der Waals surface area (Å²) in [6, 6.07) is 18.6. The molecular weight excluding hydrogens is 422 g/mol. The van der Waals surface area contributed by atoms with E-state index >= 15 is 0 Å². The van der Waals surface area contributed by atoms with Crippen molar-refractivity contribution < 1.29 is 9.18 Å². The number of halogens is 3. The Bertz CT molecular complexity index is 1180. The van der Waals surface area contributed by atoms with Crippen LogP contribution in [-0.2, 0) is 11.2 Å². The van der Waals surface area contributed by atoms with Crippen molar-refractivity contribution in [2.75, 3.05) is 5.32 Å². The van der Waals surface area contributed by atoms with E-state index in [1.54, 1.807) is 42.5 Å². The molecule has 0 saturated heterocycles. The average molecular weight is 439 g/mol. The van der Waals surface area contributed by atoms with E-state index in [9.17, 15) is 14.4 Å². The predicted molar refractivity (Wildman–Crippen MR) is 119 cm³/mol. The minimum atomic E-state index is -0.539. The lowest BCUT2D eigenvalue weighted by molar-refractivity contribution is -0.112. The van der Waals surface area contributed by atoms with Crippen LogP contribution >= 0.6 is 23.2 Å². The highest BCUT2D eigenvalue weighted by atomic mass is 35.5. The second-order valence-corrected chi connectivity index (χ2v) is 7.58. The van der Waals surface area contributed by atoms with Gasteiger partial charge in [-0.3, -0.25) is 4.79 Å². The molecule has 3 aromatic carbocycles. The summed E-state index contributed by atoms with van der Waals surface area (Å²) in [7, 11) is 0. The molecule has 1 N–H and O–H groups in total. The maximum atomic E-state index is 13.4. The number of nitrogens with one attached hydrogen (secondary N) is 1. The molecule has 0 fully saturated rings. The standard InChI is InChI=1S/C24H17Cl2FN2O/c1-15-5-8-20(25)13-23(15)29-24(30)19(14-28)10-17-6-7-18(22(26)12-17)9-16-3-2-4-21(27)11-16/h2-8,10-13H,9H2,1H3,(H,29,30)/b19-10+. The number of hydrogen-bond acceptors (Lipinski definition) is 2. The normalized spacial score (nSPS) is 11.1. The van der Waals surface area contributed by atoms with Gasteiger partial charge in [-0.15, -0.1) is 0 Å². The molecule has 0 atom stereocenters. The van der Waals surface area contributed by atoms with Crippen LogP contribution in [0.1, 0.15) is 22.3 Å². The number of nitrogens with zero attached hydrogens (tertiary/aromatic N) is 1. The number of nitriles is 1. The fraction of sp³-hybridized carbons (Fsp3) is 0.0833. The smallest absolute Gasteiger partial charge is 0.266 e. The zero-order valence-electron chi connectivity index (χ0n) is 16.0. The first kappa shape index (κ1) is 21.6. The molecule has 0 bridgehead atoms. The molecule has 0 unspecified atom stereocenters. The number of amides is 1. The van der Waals surface area contributed by atoms with Crippen LogP contribution in [0.3, 0.4) is 0 Å². The number of benzene rings is 3. The Labute approximate surface area is 184 Å². The summed E-state index contributed by atoms with van der Waals surface area (Å²) in [5, 5.41) is 13.1. The van der Waals surface area contributed by atoms with Crippen molar-refractivity contribution in [3.63, 3.8) is 0 Å². The third kappa shape index (κ3) is 5.48. The van der Waals surface area contributed by atoms with Crippen molar-refractivity contribution in [3.05, 3.63) is 104 Å². The van der Waals surface area contributed by atoms with Crippen LogP contribution in [0.25, 0.3) is 6.08 Å². The zero-order valence-corrected chi connectivity index (χ0v) is 17.6. The Morgan fingerprint density at radius 3 is 2.63 bits per heavy atom. The van der Waals surface area contributed by atoms with Gasteiger partial charge in [-0.2, -0.15) is 5.26 Å². The lowest BCUT2D eigenvalue weighted by Gasteiger charge is -2.09. The Balaban J connectivity index is 1.80. The number of anilines is 1. The van der Waals surface area contributed by atoms with Crippen molar-refractivity contribution in [2.24, 2.45) is 0 Å². The van der Waals surface area contributed by atoms with E-state index in [1.165, 1.54) is 18.2 Å². The maximum Gasteiger partial charge on any atom is 0.266 e. The Kier molecular flexibility index (Phi) is 6.89. The third-order valence-corrected chi connectivity index (χ3v) is 5.07. The maximum absolute atomic E-state index is 13.4. The van der Waals surface area contributed by atoms with Crippen LogP contribution in [0.2, 0.25) is 10.0 Å². The van der Waals surface area contributed by atoms with Crippen molar-refractivity contribution in [3.8, 4) is 6.07 Å². The number of hydrogen-bond donors (Lipinski definition) is 1. The van der Waals surface area contributed by atoms with Crippen molar-refractivity contribution >= 4 is 40.9 Å². The van der Waals surface area contributed by atoms with E-state index in [0.717, 1.165) is 16.7 Å². The monoisotopic (exact) mass is 438 g/mol. The van der Waals surface area contributed by atoms with Gasteiger partial charge in [-0.05, 0) is 72.0 Å². The molecule has 0 radical (unpaired) electrons. The van der Waals surface area contributed by atoms with Gasteiger partial charge in [0, 0.05) is 15.7 Å². The Morgan fingerprint density at radius 2 is 1.93 bits per heavy atom. The lowest BCUT2D eigenvalue weighted by atomic mass is 10.0. The Hall–Kier alpha value is -3.13. The van der Waals surface area contributed by atoms with Crippen molar-refractivity contribution in [1.29, 1.82) is 5.26 Å². The first-order valence-electron chi connectivity index (χ1n) is 9.08. The van der Waals surface area contributed by atoms with Gasteiger partial charge in [0.05, 0.1) is 0 Å². The first-order chi connectivity index (χ1) is 14.4. The molecule has 30 heavy (non-hydrogen) atoms. The largest absolute Gasteiger partial charge is 0.321 e. The number of aryl methyl sites for hydroxylation is 1. The van der Waals surface area contributed by atoms with Gasteiger partial charge in [0.15, 0.2) is 0 Å². The summed E-state index contributed by atoms with van der Waals surface area (Å²) in [5.74, 6) is -0.842. The number of carbonyl (C=O) groups is 1. The minimum Gasteiger partial charge on any atom is -0.321 e. The van der Waals surface area contributed by atoms with Gasteiger partial charge < -0.3 is 5.32 Å². The molecule has 0 spiro atoms. The zero-order chi connectivity index (χ0) is 21.7. The summed E-state index contributed by atoms with van der Waals surface area (Å²) >= 11 is 12.3. The van der Waals surface area contributed by atoms with Gasteiger partial charge in [-0.25, -0.2) is 4.39 Å². The lowest BCUT2D eigenvalue weighted by Crippen LogP contribution is -2.14. The van der Waals surface area contributed by atoms with Gasteiger partial charge >= 0.3 is 0 Å². The van der Waals surface area contributed by atoms with Crippen LogP contribution in [0.4, 0.5) is 10.1 Å². The van der Waals surface area contributed by atoms with Crippen molar-refractivity contribution in [2.45, 2.75) is 13.3 Å². The van der Waals surface area contributed by atoms with Gasteiger partial charge in [0.25, 0.3) is 5.91 Å². The molecule has 3 aromatic rings. The van der Waals surface area contributed by atoms with Crippen LogP contribution in [0.5, 0.6) is 0 Å². The quantitative estimate of drug-likeness (QED) is 0.361. The summed E-state index contributed by atoms with van der Waals surface area (Å²) < 4.78 is 13.4. The highest BCUT2D eigenvalue weighted by Crippen LogP contribution is 2.24. The predicted octanol–water partition coefficient (Wildman–Crippen LogP) is 6.58. The van der Waals surface area contributed by atoms with Gasteiger partial charge in [-0.1, -0.05) is 53.5 Å². The van der Waals surface area contributed by atoms with E-state index in [0.29, 0.717) is 27.7 Å². The van der Waals surface area contributed by atoms with Gasteiger partial charge in [0.1, 0.15) is 17.5 Å². The second-order valence-electron chi connectivity index (χ2n) is 6.74. The molecular formula is C24H17Cl2FN2O. The first-order valence-corrected chi connectivity index (χ1v) is 9.83. The molecule has 1 amide bonds. The molecule has 0 aliphatic carbocycles. The summed E-state index contributed by atoms with van der Waals surface area (Å²) in [4.78, 5) is 12.5. The summed E-state index contributed by atoms with van der Waals surface area (Å²) in [6.45, 7) is 1.83. The topological polar surface area (TPSA) is 52.9 Å². The highest BCUT2D eigenvalue weighted by molar-refractivity contribution is 6.31. The fourth-order valence-electron chi connectivity index (χ4n) is 2.90. The second kappa shape index (κ2) is 9.58. The van der Waals surface area contributed by atoms with Crippen LogP contribution in [0.15, 0.2) is 66.2 Å². The van der Waals surface area contributed by atoms with Crippen LogP contribution in [0, 0.1) is 24.1 Å². The van der Waals surface area contributed by atoms with E-state index in [2.05, 4.69) is 5.32 Å². The van der Waals surface area contributed by atoms with Crippen LogP contribution < -0.4 is 5.32 Å². The van der Waals surface area contributed by atoms with E-state index < -0.39 is 5.91 Å². The molecule has 0 aliphatic heterocycles. The molecule has 0 aromatic heterocycles. The third-order valence-electron chi connectivity index (χ3n) is 4.48. The fourth-order valence-corrected chi connectivity index (χ4v) is 3.33. The summed E-state index contributed by atoms with van der Waals surface area (Å²) in [6.07, 6.45) is 1.94. The molecule has 150 valence electrons. The average Bonchev–Trinajstić information content (AvgIpc) is 2.71. The molecule has 3 rings (SSSR count). The minimum absolute atomic E-state index is 0.0664. The molecule has 6 heteroatoms. The highest BCUT2D eigenvalue weighted by Gasteiger charge is 2.12. The van der Waals surface area contributed by atoms with Crippen molar-refractivity contribution in [1.82, 2.24) is 0 Å². The Morgan fingerprint density at radius 1 is 1.13 bits per heavy atom. The molecule has 0 saturated carbocycles. The molecule has 3 nitrogen and oxygen atoms in total. The van der Waals surface area contributed by atoms with E-state index in [1.807, 2.05) is 19.1 Å². The summed E-state index contributed by atoms with van der Waals surface area (Å²) in [5.41, 5.74) is 3.53. The number of carbonyl (C=O) groups excluding carboxylic acids is 1. The molecule has 0 aliphatic rings. The molecule has 0 heterocycles. The van der Waals surface area contributed by atoms with Gasteiger partial charge in [0.2, 0.25) is 0 Å². The van der Waals surface area contributed by atoms with E-state index in [-0.39, 0.29) is 11.4 Å². The van der Waals surface area contributed by atoms with E-state index in [4.69, 9.17) is 23.2 Å².